The molecule has 0 radical (unpaired) electrons. The van der Waals surface area contributed by atoms with E-state index < -0.39 is 11.6 Å². The Balaban J connectivity index is 2.28. The molecule has 0 heterocycles. The second-order valence-corrected chi connectivity index (χ2v) is 5.02. The van der Waals surface area contributed by atoms with Crippen LogP contribution in [0.5, 0.6) is 11.5 Å². The van der Waals surface area contributed by atoms with Gasteiger partial charge in [-0.3, -0.25) is 0 Å². The van der Waals surface area contributed by atoms with Gasteiger partial charge in [0.25, 0.3) is 0 Å². The third-order valence-corrected chi connectivity index (χ3v) is 3.48. The normalized spacial score (nSPS) is 10.4. The van der Waals surface area contributed by atoms with Crippen LogP contribution in [0.1, 0.15) is 5.56 Å². The molecule has 0 saturated heterocycles. The number of halogens is 4. The quantitative estimate of drug-likeness (QED) is 0.649. The van der Waals surface area contributed by atoms with E-state index >= 15 is 0 Å². The molecule has 0 spiro atoms. The summed E-state index contributed by atoms with van der Waals surface area (Å²) in [4.78, 5) is 0. The zero-order valence-corrected chi connectivity index (χ0v) is 12.3. The van der Waals surface area contributed by atoms with Crippen LogP contribution in [-0.2, 0) is 5.33 Å². The van der Waals surface area contributed by atoms with E-state index in [1.54, 1.807) is 6.07 Å². The summed E-state index contributed by atoms with van der Waals surface area (Å²) in [7, 11) is 0. The minimum Gasteiger partial charge on any atom is -0.456 e. The molecule has 1 nitrogen and oxygen atoms in total. The highest BCUT2D eigenvalue weighted by Crippen LogP contribution is 2.31. The zero-order chi connectivity index (χ0) is 13.1. The van der Waals surface area contributed by atoms with Crippen molar-refractivity contribution in [3.63, 3.8) is 0 Å². The first-order valence-corrected chi connectivity index (χ1v) is 6.98. The Labute approximate surface area is 120 Å². The fraction of sp³-hybridized carbons (Fsp3) is 0.0769. The molecule has 5 heteroatoms. The van der Waals surface area contributed by atoms with E-state index in [1.165, 1.54) is 0 Å². The average molecular weight is 378 g/mol. The molecule has 0 atom stereocenters. The van der Waals surface area contributed by atoms with Crippen molar-refractivity contribution < 1.29 is 13.5 Å². The lowest BCUT2D eigenvalue weighted by molar-refractivity contribution is 0.465. The zero-order valence-electron chi connectivity index (χ0n) is 9.09. The third-order valence-electron chi connectivity index (χ3n) is 2.21. The van der Waals surface area contributed by atoms with Gasteiger partial charge in [0.1, 0.15) is 23.1 Å². The van der Waals surface area contributed by atoms with E-state index in [0.29, 0.717) is 5.75 Å². The van der Waals surface area contributed by atoms with Gasteiger partial charge in [-0.25, -0.2) is 8.78 Å². The third kappa shape index (κ3) is 3.29. The van der Waals surface area contributed by atoms with Gasteiger partial charge in [0.2, 0.25) is 0 Å². The molecule has 0 N–H and O–H groups in total. The van der Waals surface area contributed by atoms with Crippen molar-refractivity contribution >= 4 is 31.9 Å². The van der Waals surface area contributed by atoms with E-state index in [2.05, 4.69) is 31.9 Å². The number of alkyl halides is 1. The molecule has 0 amide bonds. The lowest BCUT2D eigenvalue weighted by Crippen LogP contribution is -1.89. The summed E-state index contributed by atoms with van der Waals surface area (Å²) in [5.74, 6) is -0.708. The van der Waals surface area contributed by atoms with Crippen molar-refractivity contribution in [2.45, 2.75) is 5.33 Å². The Morgan fingerprint density at radius 2 is 1.67 bits per heavy atom. The van der Waals surface area contributed by atoms with Crippen molar-refractivity contribution in [1.82, 2.24) is 0 Å². The van der Waals surface area contributed by atoms with Gasteiger partial charge in [0.05, 0.1) is 4.47 Å². The van der Waals surface area contributed by atoms with E-state index in [-0.39, 0.29) is 5.75 Å². The molecule has 0 aromatic heterocycles. The van der Waals surface area contributed by atoms with Gasteiger partial charge in [-0.1, -0.05) is 22.0 Å². The summed E-state index contributed by atoms with van der Waals surface area (Å²) in [6.45, 7) is 0. The molecule has 18 heavy (non-hydrogen) atoms. The van der Waals surface area contributed by atoms with Gasteiger partial charge >= 0.3 is 0 Å². The van der Waals surface area contributed by atoms with Crippen molar-refractivity contribution in [3.05, 3.63) is 58.1 Å². The Hall–Kier alpha value is -0.940. The maximum absolute atomic E-state index is 13.0. The van der Waals surface area contributed by atoms with Crippen LogP contribution in [0, 0.1) is 11.6 Å². The van der Waals surface area contributed by atoms with Crippen molar-refractivity contribution in [2.75, 3.05) is 0 Å². The highest BCUT2D eigenvalue weighted by atomic mass is 79.9. The van der Waals surface area contributed by atoms with Crippen LogP contribution in [0.25, 0.3) is 0 Å². The number of hydrogen-bond donors (Lipinski definition) is 0. The monoisotopic (exact) mass is 376 g/mol. The summed E-state index contributed by atoms with van der Waals surface area (Å²) in [5.41, 5.74) is 1.07. The molecule has 2 aromatic rings. The number of rotatable bonds is 3. The van der Waals surface area contributed by atoms with Crippen LogP contribution in [0.2, 0.25) is 0 Å². The first-order valence-electron chi connectivity index (χ1n) is 5.07. The maximum atomic E-state index is 13.0. The second kappa shape index (κ2) is 5.80. The lowest BCUT2D eigenvalue weighted by Gasteiger charge is -2.09. The Bertz CT molecular complexity index is 553. The fourth-order valence-electron chi connectivity index (χ4n) is 1.42. The molecule has 0 aliphatic carbocycles. The summed E-state index contributed by atoms with van der Waals surface area (Å²) < 4.78 is 32.2. The van der Waals surface area contributed by atoms with Crippen LogP contribution in [-0.4, -0.2) is 0 Å². The molecule has 2 aromatic carbocycles. The van der Waals surface area contributed by atoms with Crippen molar-refractivity contribution in [3.8, 4) is 11.5 Å². The first-order chi connectivity index (χ1) is 8.58. The average Bonchev–Trinajstić information content (AvgIpc) is 2.30. The van der Waals surface area contributed by atoms with E-state index in [1.807, 2.05) is 12.1 Å². The molecule has 0 aliphatic rings. The topological polar surface area (TPSA) is 9.23 Å². The maximum Gasteiger partial charge on any atom is 0.141 e. The van der Waals surface area contributed by atoms with Crippen LogP contribution >= 0.6 is 31.9 Å². The smallest absolute Gasteiger partial charge is 0.141 e. The summed E-state index contributed by atoms with van der Waals surface area (Å²) in [6, 6.07) is 8.55. The van der Waals surface area contributed by atoms with Gasteiger partial charge in [0, 0.05) is 23.5 Å². The molecule has 0 fully saturated rings. The predicted octanol–water partition coefficient (Wildman–Crippen LogP) is 5.41. The van der Waals surface area contributed by atoms with Gasteiger partial charge in [-0.15, -0.1) is 0 Å². The van der Waals surface area contributed by atoms with Crippen molar-refractivity contribution in [2.24, 2.45) is 0 Å². The Morgan fingerprint density at radius 3 is 2.22 bits per heavy atom. The second-order valence-electron chi connectivity index (χ2n) is 3.61. The highest BCUT2D eigenvalue weighted by Gasteiger charge is 2.06. The molecule has 0 unspecified atom stereocenters. The van der Waals surface area contributed by atoms with E-state index in [0.717, 1.165) is 33.6 Å². The van der Waals surface area contributed by atoms with Gasteiger partial charge in [0.15, 0.2) is 0 Å². The van der Waals surface area contributed by atoms with Crippen LogP contribution < -0.4 is 4.74 Å². The lowest BCUT2D eigenvalue weighted by atomic mass is 10.2. The van der Waals surface area contributed by atoms with Crippen LogP contribution in [0.4, 0.5) is 8.78 Å². The number of benzene rings is 2. The first kappa shape index (κ1) is 13.5. The molecule has 0 aliphatic heterocycles. The molecular weight excluding hydrogens is 370 g/mol. The Kier molecular flexibility index (Phi) is 4.35. The SMILES string of the molecule is Fc1cc(F)cc(Oc2ccc(CBr)cc2Br)c1. The van der Waals surface area contributed by atoms with Crippen LogP contribution in [0.3, 0.4) is 0 Å². The standard InChI is InChI=1S/C13H8Br2F2O/c14-7-8-1-2-13(12(15)3-8)18-11-5-9(16)4-10(17)6-11/h1-6H,7H2. The highest BCUT2D eigenvalue weighted by molar-refractivity contribution is 9.10. The molecular formula is C13H8Br2F2O. The Morgan fingerprint density at radius 1 is 1.00 bits per heavy atom. The molecule has 0 saturated carbocycles. The summed E-state index contributed by atoms with van der Waals surface area (Å²) in [6.07, 6.45) is 0. The van der Waals surface area contributed by atoms with Crippen molar-refractivity contribution in [1.29, 1.82) is 0 Å². The summed E-state index contributed by atoms with van der Waals surface area (Å²) in [5, 5.41) is 0.723. The largest absolute Gasteiger partial charge is 0.456 e. The predicted molar refractivity (Wildman–Crippen MR) is 73.2 cm³/mol. The fourth-order valence-corrected chi connectivity index (χ4v) is 2.28. The van der Waals surface area contributed by atoms with Gasteiger partial charge < -0.3 is 4.74 Å². The molecule has 2 rings (SSSR count). The van der Waals surface area contributed by atoms with E-state index in [9.17, 15) is 8.78 Å². The summed E-state index contributed by atoms with van der Waals surface area (Å²) >= 11 is 6.69. The number of hydrogen-bond acceptors (Lipinski definition) is 1. The molecule has 0 bridgehead atoms. The number of ether oxygens (including phenoxy) is 1. The van der Waals surface area contributed by atoms with Gasteiger partial charge in [-0.2, -0.15) is 0 Å². The van der Waals surface area contributed by atoms with E-state index in [4.69, 9.17) is 4.74 Å². The van der Waals surface area contributed by atoms with Crippen LogP contribution in [0.15, 0.2) is 40.9 Å². The van der Waals surface area contributed by atoms with Gasteiger partial charge in [-0.05, 0) is 33.6 Å². The minimum absolute atomic E-state index is 0.125. The molecule has 94 valence electrons. The minimum atomic E-state index is -0.668.